The van der Waals surface area contributed by atoms with Crippen LogP contribution in [0.4, 0.5) is 26.3 Å². The molecule has 9 aliphatic heterocycles. The Hall–Kier alpha value is -13.7. The molecule has 9 aromatic carbocycles. The quantitative estimate of drug-likeness (QED) is 0.0978. The third-order valence-electron chi connectivity index (χ3n) is 23.7. The molecule has 0 unspecified atom stereocenters. The maximum Gasteiger partial charge on any atom is 0.277 e. The summed E-state index contributed by atoms with van der Waals surface area (Å²) < 4.78 is 133. The number of halogens is 6. The fraction of sp³-hybridized carbons (Fsp3) is 0.212. The van der Waals surface area contributed by atoms with Crippen LogP contribution >= 0.6 is 35.3 Å². The number of amides is 3. The van der Waals surface area contributed by atoms with Crippen molar-refractivity contribution in [2.24, 2.45) is 0 Å². The number of benzene rings is 9. The van der Waals surface area contributed by atoms with Crippen LogP contribution in [-0.4, -0.2) is 106 Å². The number of thioether (sulfide) groups is 3. The molecule has 6 bridgehead atoms. The summed E-state index contributed by atoms with van der Waals surface area (Å²) in [7, 11) is 0. The van der Waals surface area contributed by atoms with E-state index in [-0.39, 0.29) is 163 Å². The number of aromatic nitrogens is 3. The van der Waals surface area contributed by atoms with Gasteiger partial charge in [-0.15, -0.1) is 35.3 Å². The van der Waals surface area contributed by atoms with E-state index < -0.39 is 69.3 Å². The Morgan fingerprint density at radius 3 is 0.891 bits per heavy atom. The molecule has 0 fully saturated rings. The van der Waals surface area contributed by atoms with Crippen molar-refractivity contribution in [3.05, 3.63) is 405 Å². The molecule has 0 radical (unpaired) electrons. The van der Waals surface area contributed by atoms with Crippen LogP contribution in [-0.2, 0) is 37.1 Å². The van der Waals surface area contributed by atoms with E-state index in [2.05, 4.69) is 0 Å². The third kappa shape index (κ3) is 16.5. The predicted molar refractivity (Wildman–Crippen MR) is 477 cm³/mol. The number of ether oxygens (including phenoxy) is 6. The van der Waals surface area contributed by atoms with Gasteiger partial charge in [0.1, 0.15) is 95.0 Å². The molecule has 3 atom stereocenters. The van der Waals surface area contributed by atoms with Gasteiger partial charge in [0.25, 0.3) is 17.7 Å². The molecule has 0 saturated carbocycles. The van der Waals surface area contributed by atoms with Crippen molar-refractivity contribution >= 4 is 53.0 Å². The predicted octanol–water partition coefficient (Wildman–Crippen LogP) is 17.4. The molecule has 3 aromatic heterocycles. The van der Waals surface area contributed by atoms with E-state index in [0.29, 0.717) is 55.6 Å². The van der Waals surface area contributed by atoms with E-state index in [9.17, 15) is 41.9 Å². The number of rotatable bonds is 9. The summed E-state index contributed by atoms with van der Waals surface area (Å²) in [5.41, 5.74) is 6.10. The Kier molecular flexibility index (Phi) is 24.3. The largest absolute Gasteiger partial charge is 0.489 e. The summed E-state index contributed by atoms with van der Waals surface area (Å²) in [6.07, 6.45) is 17.3. The monoisotopic (exact) mass is 1800 g/mol. The number of fused-ring (bicyclic) bond motifs is 21. The van der Waals surface area contributed by atoms with Crippen LogP contribution in [0.1, 0.15) is 136 Å². The first-order valence-corrected chi connectivity index (χ1v) is 45.0. The minimum Gasteiger partial charge on any atom is -0.489 e. The van der Waals surface area contributed by atoms with Gasteiger partial charge in [-0.2, -0.15) is 0 Å². The molecule has 12 heterocycles. The van der Waals surface area contributed by atoms with Gasteiger partial charge in [0.2, 0.25) is 16.3 Å². The Labute approximate surface area is 749 Å². The lowest BCUT2D eigenvalue weighted by atomic mass is 9.92. The van der Waals surface area contributed by atoms with Crippen molar-refractivity contribution in [3.63, 3.8) is 0 Å². The molecule has 12 aromatic rings. The minimum absolute atomic E-state index is 0.0630. The standard InChI is InChI=1S/3C33H27F2N3O4S/c3*34-24-17-26-28-23(29(24)35)19-43-27-12-6-5-11-22(27)30(28)38-20-36(14-7-2-8-16-41-26)33(40)31-32(25(39)13-15-37(31)38)42-18-21-9-3-1-4-10-21/h3*1-6,8-13,15,17,30H,7,14,16,18-20H2/b8-2+;2*8-2-/t3*30-/m110/s1. The second-order valence-electron chi connectivity index (χ2n) is 31.5. The fourth-order valence-corrected chi connectivity index (χ4v) is 20.9. The lowest BCUT2D eigenvalue weighted by Crippen LogP contribution is -2.56. The molecule has 30 heteroatoms. The van der Waals surface area contributed by atoms with Crippen LogP contribution in [0.3, 0.4) is 0 Å². The SMILES string of the molecule is O=C1c2c(OCc3ccccc3)c(=O)ccn2N2CN1CC/C=C/COc1cc(F)c(F)c3c1[C@H]2c1ccccc1SC3.O=C1c2c(OCc3ccccc3)c(=O)ccn2N2CN1CC/C=C\COc1cc(F)c(F)c3c1[C@@H]2c1ccccc1SC3.O=C1c2c(OCc3ccccc3)c(=O)ccn2N2CN1CC/C=C\COc1cc(F)c(F)c3c1[C@H]2c1ccccc1SC3. The zero-order valence-corrected chi connectivity index (χ0v) is 71.6. The van der Waals surface area contributed by atoms with Crippen molar-refractivity contribution in [1.82, 2.24) is 28.7 Å². The van der Waals surface area contributed by atoms with E-state index in [1.54, 1.807) is 47.3 Å². The second kappa shape index (κ2) is 36.9. The first-order valence-electron chi connectivity index (χ1n) is 42.0. The van der Waals surface area contributed by atoms with E-state index in [4.69, 9.17) is 28.4 Å². The Morgan fingerprint density at radius 1 is 0.333 bits per heavy atom. The highest BCUT2D eigenvalue weighted by atomic mass is 32.2. The van der Waals surface area contributed by atoms with Crippen LogP contribution in [0.25, 0.3) is 0 Å². The summed E-state index contributed by atoms with van der Waals surface area (Å²) in [5, 5.41) is 5.72. The Morgan fingerprint density at radius 2 is 0.605 bits per heavy atom. The molecule has 3 amide bonds. The molecule has 21 rings (SSSR count). The van der Waals surface area contributed by atoms with E-state index >= 15 is 13.2 Å². The summed E-state index contributed by atoms with van der Waals surface area (Å²) in [6.45, 7) is 2.25. The van der Waals surface area contributed by atoms with Gasteiger partial charge in [0, 0.05) is 140 Å². The topological polar surface area (TPSA) is 192 Å². The average molecular weight is 1800 g/mol. The zero-order chi connectivity index (χ0) is 88.5. The highest BCUT2D eigenvalue weighted by Gasteiger charge is 2.46. The lowest BCUT2D eigenvalue weighted by molar-refractivity contribution is 0.0671. The Balaban J connectivity index is 0.000000126. The van der Waals surface area contributed by atoms with Crippen LogP contribution in [0, 0.1) is 34.9 Å². The molecule has 0 spiro atoms. The lowest BCUT2D eigenvalue weighted by Gasteiger charge is -2.44. The first kappa shape index (κ1) is 84.8. The molecule has 9 aliphatic rings. The van der Waals surface area contributed by atoms with Gasteiger partial charge < -0.3 is 43.1 Å². The summed E-state index contributed by atoms with van der Waals surface area (Å²) in [5.74, 6) is -5.68. The van der Waals surface area contributed by atoms with E-state index in [1.807, 2.05) is 215 Å². The normalized spacial score (nSPS) is 18.2. The molecular weight excluding hydrogens is 1720 g/mol. The average Bonchev–Trinajstić information content (AvgIpc) is 0.955. The van der Waals surface area contributed by atoms with E-state index in [0.717, 1.165) is 66.3 Å². The number of carbonyl (C=O) groups excluding carboxylic acids is 3. The number of nitrogens with zero attached hydrogens (tertiary/aromatic N) is 9. The van der Waals surface area contributed by atoms with Crippen LogP contribution in [0.15, 0.2) is 284 Å². The number of hydrogen-bond donors (Lipinski definition) is 0. The maximum absolute atomic E-state index is 15.6. The highest BCUT2D eigenvalue weighted by molar-refractivity contribution is 7.99. The van der Waals surface area contributed by atoms with Crippen molar-refractivity contribution in [3.8, 4) is 34.5 Å². The van der Waals surface area contributed by atoms with Gasteiger partial charge in [-0.25, -0.2) is 26.3 Å². The first-order chi connectivity index (χ1) is 63.0. The van der Waals surface area contributed by atoms with Crippen molar-refractivity contribution < 1.29 is 69.1 Å². The van der Waals surface area contributed by atoms with Gasteiger partial charge >= 0.3 is 0 Å². The van der Waals surface area contributed by atoms with Gasteiger partial charge in [-0.1, -0.05) is 182 Å². The van der Waals surface area contributed by atoms with Gasteiger partial charge in [0.05, 0.1) is 0 Å². The summed E-state index contributed by atoms with van der Waals surface area (Å²) in [4.78, 5) is 89.6. The molecule has 21 nitrogen and oxygen atoms in total. The molecule has 0 saturated heterocycles. The molecule has 129 heavy (non-hydrogen) atoms. The smallest absolute Gasteiger partial charge is 0.277 e. The van der Waals surface area contributed by atoms with Gasteiger partial charge in [-0.3, -0.25) is 57.8 Å². The highest BCUT2D eigenvalue weighted by Crippen LogP contribution is 2.52. The summed E-state index contributed by atoms with van der Waals surface area (Å²) >= 11 is 4.26. The van der Waals surface area contributed by atoms with Crippen LogP contribution in [0.2, 0.25) is 0 Å². The molecular formula is C99H81F6N9O12S3. The van der Waals surface area contributed by atoms with Crippen molar-refractivity contribution in [1.29, 1.82) is 0 Å². The second-order valence-corrected chi connectivity index (χ2v) is 34.5. The number of pyridine rings is 3. The maximum atomic E-state index is 15.6. The third-order valence-corrected chi connectivity index (χ3v) is 27.0. The number of hydrogen-bond acceptors (Lipinski definition) is 18. The summed E-state index contributed by atoms with van der Waals surface area (Å²) in [6, 6.07) is 56.7. The van der Waals surface area contributed by atoms with Gasteiger partial charge in [-0.05, 0) is 70.8 Å². The number of carbonyl (C=O) groups is 3. The Bertz CT molecular complexity index is 6060. The van der Waals surface area contributed by atoms with Crippen LogP contribution in [0.5, 0.6) is 34.5 Å². The molecule has 0 aliphatic carbocycles. The molecule has 654 valence electrons. The van der Waals surface area contributed by atoms with Crippen molar-refractivity contribution in [2.75, 3.05) is 74.5 Å². The minimum atomic E-state index is -0.980. The van der Waals surface area contributed by atoms with Crippen molar-refractivity contribution in [2.45, 2.75) is 89.2 Å². The van der Waals surface area contributed by atoms with Crippen LogP contribution < -0.4 is 59.7 Å². The zero-order valence-electron chi connectivity index (χ0n) is 69.1. The van der Waals surface area contributed by atoms with Gasteiger partial charge in [0.15, 0.2) is 69.2 Å². The van der Waals surface area contributed by atoms with E-state index in [1.165, 1.54) is 53.5 Å². The fourth-order valence-electron chi connectivity index (χ4n) is 17.6. The molecule has 0 N–H and O–H groups in total.